The molecule has 0 atom stereocenters. The molecule has 0 spiro atoms. The summed E-state index contributed by atoms with van der Waals surface area (Å²) in [5.74, 6) is -0.0159. The Labute approximate surface area is 136 Å². The summed E-state index contributed by atoms with van der Waals surface area (Å²) in [7, 11) is -1.07. The first kappa shape index (κ1) is 17.9. The van der Waals surface area contributed by atoms with E-state index in [1.165, 1.54) is 44.4 Å². The monoisotopic (exact) mass is 361 g/mol. The summed E-state index contributed by atoms with van der Waals surface area (Å²) in [6.07, 6.45) is -4.52. The quantitative estimate of drug-likeness (QED) is 0.854. The normalized spacial score (nSPS) is 12.2. The summed E-state index contributed by atoms with van der Waals surface area (Å²) >= 11 is 0. The van der Waals surface area contributed by atoms with Crippen molar-refractivity contribution in [3.05, 3.63) is 42.0 Å². The SMILES string of the molecule is CN(C)S(=O)(=O)Nc1ccc(Nc2ccccc2C(F)(F)F)nn1. The van der Waals surface area contributed by atoms with Crippen molar-refractivity contribution in [2.24, 2.45) is 0 Å². The lowest BCUT2D eigenvalue weighted by molar-refractivity contribution is -0.136. The van der Waals surface area contributed by atoms with Crippen molar-refractivity contribution in [3.8, 4) is 0 Å². The summed E-state index contributed by atoms with van der Waals surface area (Å²) in [6, 6.07) is 7.52. The predicted molar refractivity (Wildman–Crippen MR) is 83.0 cm³/mol. The second kappa shape index (κ2) is 6.61. The van der Waals surface area contributed by atoms with E-state index in [9.17, 15) is 21.6 Å². The summed E-state index contributed by atoms with van der Waals surface area (Å²) in [6.45, 7) is 0. The minimum Gasteiger partial charge on any atom is -0.338 e. The zero-order valence-electron chi connectivity index (χ0n) is 12.7. The minimum atomic E-state index is -4.52. The third-order valence-corrected chi connectivity index (χ3v) is 4.30. The van der Waals surface area contributed by atoms with Gasteiger partial charge in [0, 0.05) is 14.1 Å². The van der Waals surface area contributed by atoms with E-state index in [4.69, 9.17) is 0 Å². The van der Waals surface area contributed by atoms with E-state index in [1.807, 2.05) is 0 Å². The van der Waals surface area contributed by atoms with Crippen molar-refractivity contribution < 1.29 is 21.6 Å². The highest BCUT2D eigenvalue weighted by Gasteiger charge is 2.33. The molecule has 1 aromatic carbocycles. The van der Waals surface area contributed by atoms with Gasteiger partial charge in [-0.05, 0) is 24.3 Å². The second-order valence-electron chi connectivity index (χ2n) is 4.86. The maximum absolute atomic E-state index is 12.9. The van der Waals surface area contributed by atoms with Gasteiger partial charge in [-0.1, -0.05) is 12.1 Å². The van der Waals surface area contributed by atoms with Gasteiger partial charge in [-0.15, -0.1) is 10.2 Å². The number of rotatable bonds is 5. The fraction of sp³-hybridized carbons (Fsp3) is 0.231. The smallest absolute Gasteiger partial charge is 0.338 e. The van der Waals surface area contributed by atoms with Gasteiger partial charge in [0.05, 0.1) is 11.3 Å². The van der Waals surface area contributed by atoms with Gasteiger partial charge < -0.3 is 5.32 Å². The summed E-state index contributed by atoms with van der Waals surface area (Å²) in [5, 5.41) is 9.80. The largest absolute Gasteiger partial charge is 0.418 e. The lowest BCUT2D eigenvalue weighted by Crippen LogP contribution is -2.29. The van der Waals surface area contributed by atoms with Gasteiger partial charge in [0.25, 0.3) is 0 Å². The number of halogens is 3. The van der Waals surface area contributed by atoms with E-state index in [1.54, 1.807) is 0 Å². The first-order valence-electron chi connectivity index (χ1n) is 6.57. The van der Waals surface area contributed by atoms with Crippen LogP contribution in [-0.2, 0) is 16.4 Å². The molecule has 0 fully saturated rings. The molecule has 7 nitrogen and oxygen atoms in total. The zero-order chi connectivity index (χ0) is 18.0. The fourth-order valence-corrected chi connectivity index (χ4v) is 2.21. The van der Waals surface area contributed by atoms with Crippen LogP contribution >= 0.6 is 0 Å². The number of aromatic nitrogens is 2. The molecule has 2 N–H and O–H groups in total. The topological polar surface area (TPSA) is 87.2 Å². The Balaban J connectivity index is 2.19. The van der Waals surface area contributed by atoms with Crippen molar-refractivity contribution in [1.29, 1.82) is 0 Å². The van der Waals surface area contributed by atoms with E-state index >= 15 is 0 Å². The van der Waals surface area contributed by atoms with Crippen molar-refractivity contribution >= 4 is 27.5 Å². The second-order valence-corrected chi connectivity index (χ2v) is 6.75. The van der Waals surface area contributed by atoms with Crippen LogP contribution in [-0.4, -0.2) is 37.0 Å². The van der Waals surface area contributed by atoms with Gasteiger partial charge in [0.1, 0.15) is 0 Å². The molecule has 0 saturated carbocycles. The molecule has 0 aliphatic rings. The van der Waals surface area contributed by atoms with E-state index < -0.39 is 21.9 Å². The standard InChI is InChI=1S/C13H14F3N5O2S/c1-21(2)24(22,23)20-12-8-7-11(18-19-12)17-10-6-4-3-5-9(10)13(14,15)16/h3-8H,1-2H3,(H,17,18)(H,19,20). The van der Waals surface area contributed by atoms with Gasteiger partial charge in [0.15, 0.2) is 11.6 Å². The fourth-order valence-electron chi connectivity index (χ4n) is 1.65. The number of nitrogens with zero attached hydrogens (tertiary/aromatic N) is 3. The number of hydrogen-bond acceptors (Lipinski definition) is 5. The Morgan fingerprint density at radius 1 is 1.00 bits per heavy atom. The number of benzene rings is 1. The third-order valence-electron chi connectivity index (χ3n) is 2.87. The predicted octanol–water partition coefficient (Wildman–Crippen LogP) is 2.46. The maximum atomic E-state index is 12.9. The number of nitrogens with one attached hydrogen (secondary N) is 2. The highest BCUT2D eigenvalue weighted by molar-refractivity contribution is 7.90. The van der Waals surface area contributed by atoms with Crippen molar-refractivity contribution in [3.63, 3.8) is 0 Å². The van der Waals surface area contributed by atoms with E-state index in [-0.39, 0.29) is 17.3 Å². The molecule has 0 bridgehead atoms. The molecule has 11 heteroatoms. The Bertz CT molecular complexity index is 807. The summed E-state index contributed by atoms with van der Waals surface area (Å²) in [4.78, 5) is 0. The van der Waals surface area contributed by atoms with Crippen LogP contribution in [0.25, 0.3) is 0 Å². The van der Waals surface area contributed by atoms with Crippen molar-refractivity contribution in [1.82, 2.24) is 14.5 Å². The molecular weight excluding hydrogens is 347 g/mol. The minimum absolute atomic E-state index is 0.0412. The molecule has 2 aromatic rings. The van der Waals surface area contributed by atoms with Crippen LogP contribution in [0.3, 0.4) is 0 Å². The Kier molecular flexibility index (Phi) is 4.94. The van der Waals surface area contributed by atoms with Crippen LogP contribution in [0.5, 0.6) is 0 Å². The van der Waals surface area contributed by atoms with Crippen LogP contribution in [0.2, 0.25) is 0 Å². The van der Waals surface area contributed by atoms with E-state index in [2.05, 4.69) is 20.2 Å². The molecular formula is C13H14F3N5O2S. The lowest BCUT2D eigenvalue weighted by atomic mass is 10.1. The summed E-state index contributed by atoms with van der Waals surface area (Å²) < 4.78 is 65.1. The first-order valence-corrected chi connectivity index (χ1v) is 8.01. The Morgan fingerprint density at radius 3 is 2.12 bits per heavy atom. The van der Waals surface area contributed by atoms with Crippen LogP contribution in [0.4, 0.5) is 30.5 Å². The molecule has 24 heavy (non-hydrogen) atoms. The first-order chi connectivity index (χ1) is 11.1. The number of hydrogen-bond donors (Lipinski definition) is 2. The number of alkyl halides is 3. The van der Waals surface area contributed by atoms with Gasteiger partial charge in [-0.25, -0.2) is 0 Å². The molecule has 0 aliphatic carbocycles. The summed E-state index contributed by atoms with van der Waals surface area (Å²) in [5.41, 5.74) is -1.02. The van der Waals surface area contributed by atoms with Crippen molar-refractivity contribution in [2.45, 2.75) is 6.18 Å². The maximum Gasteiger partial charge on any atom is 0.418 e. The number of anilines is 3. The highest BCUT2D eigenvalue weighted by Crippen LogP contribution is 2.35. The lowest BCUT2D eigenvalue weighted by Gasteiger charge is -2.14. The van der Waals surface area contributed by atoms with Crippen LogP contribution in [0, 0.1) is 0 Å². The Morgan fingerprint density at radius 2 is 1.58 bits per heavy atom. The molecule has 0 amide bonds. The molecule has 0 saturated heterocycles. The van der Waals surface area contributed by atoms with Gasteiger partial charge >= 0.3 is 16.4 Å². The van der Waals surface area contributed by atoms with E-state index in [0.717, 1.165) is 10.4 Å². The molecule has 1 heterocycles. The van der Waals surface area contributed by atoms with Gasteiger partial charge in [0.2, 0.25) is 0 Å². The zero-order valence-corrected chi connectivity index (χ0v) is 13.5. The van der Waals surface area contributed by atoms with Gasteiger partial charge in [-0.2, -0.15) is 25.9 Å². The molecule has 1 aromatic heterocycles. The highest BCUT2D eigenvalue weighted by atomic mass is 32.2. The van der Waals surface area contributed by atoms with Crippen molar-refractivity contribution in [2.75, 3.05) is 24.1 Å². The van der Waals surface area contributed by atoms with Crippen LogP contribution < -0.4 is 10.0 Å². The molecule has 0 unspecified atom stereocenters. The number of para-hydroxylation sites is 1. The van der Waals surface area contributed by atoms with Crippen LogP contribution in [0.15, 0.2) is 36.4 Å². The molecule has 2 rings (SSSR count). The van der Waals surface area contributed by atoms with Gasteiger partial charge in [-0.3, -0.25) is 4.72 Å². The third kappa shape index (κ3) is 4.32. The van der Waals surface area contributed by atoms with Crippen LogP contribution in [0.1, 0.15) is 5.56 Å². The van der Waals surface area contributed by atoms with E-state index in [0.29, 0.717) is 0 Å². The Hall–Kier alpha value is -2.40. The average Bonchev–Trinajstić information content (AvgIpc) is 2.48. The molecule has 0 aliphatic heterocycles. The average molecular weight is 361 g/mol. The molecule has 0 radical (unpaired) electrons. The molecule has 130 valence electrons.